The van der Waals surface area contributed by atoms with Crippen LogP contribution in [-0.4, -0.2) is 61.6 Å². The zero-order valence-corrected chi connectivity index (χ0v) is 5.49. The molecule has 3 nitrogen and oxygen atoms in total. The summed E-state index contributed by atoms with van der Waals surface area (Å²) >= 11 is 0. The number of carbonyl (C=O) groups is 2. The van der Waals surface area contributed by atoms with Crippen LogP contribution in [-0.2, 0) is 14.5 Å². The minimum absolute atomic E-state index is 0. The molecule has 0 rings (SSSR count). The van der Waals surface area contributed by atoms with E-state index < -0.39 is 23.9 Å². The third-order valence-electron chi connectivity index (χ3n) is 0.869. The van der Waals surface area contributed by atoms with Gasteiger partial charge in [-0.3, -0.25) is 4.79 Å². The van der Waals surface area contributed by atoms with Crippen LogP contribution in [0.15, 0.2) is 0 Å². The van der Waals surface area contributed by atoms with Crippen molar-refractivity contribution in [1.29, 1.82) is 0 Å². The second kappa shape index (κ2) is 5.17. The summed E-state index contributed by atoms with van der Waals surface area (Å²) in [4.78, 5) is 21.2. The van der Waals surface area contributed by atoms with Gasteiger partial charge in [-0.25, -0.2) is 9.74 Å². The first-order chi connectivity index (χ1) is 5.64. The van der Waals surface area contributed by atoms with E-state index in [1.807, 2.05) is 4.94 Å². The van der Waals surface area contributed by atoms with Crippen LogP contribution in [0.1, 0.15) is 0 Å². The van der Waals surface area contributed by atoms with E-state index in [1.165, 1.54) is 0 Å². The van der Waals surface area contributed by atoms with Gasteiger partial charge in [-0.15, -0.1) is 0 Å². The van der Waals surface area contributed by atoms with Crippen molar-refractivity contribution >= 4 is 49.5 Å². The third-order valence-corrected chi connectivity index (χ3v) is 0.869. The molecule has 0 aromatic carbocycles. The fraction of sp³-hybridized carbons (Fsp3) is 0.500. The second-order valence-electron chi connectivity index (χ2n) is 1.77. The molecule has 0 N–H and O–H groups in total. The molecule has 0 atom stereocenters. The number of halogens is 6. The number of hydrogen-bond acceptors (Lipinski definition) is 3. The Morgan fingerprint density at radius 3 is 1.57 bits per heavy atom. The van der Waals surface area contributed by atoms with Crippen LogP contribution < -0.4 is 0 Å². The van der Waals surface area contributed by atoms with Crippen LogP contribution in [0.3, 0.4) is 0 Å². The Morgan fingerprint density at radius 2 is 1.36 bits per heavy atom. The molecule has 0 aliphatic carbocycles. The van der Waals surface area contributed by atoms with Crippen LogP contribution >= 0.6 is 0 Å². The molecule has 0 aromatic rings. The van der Waals surface area contributed by atoms with Crippen LogP contribution in [0.2, 0.25) is 0 Å². The standard InChI is InChI=1S/C4F6O3.Ca.2H/c5-3(6,2(12)13-10)1(11)4(7,8)9;;;. The molecule has 0 aromatic heterocycles. The molecule has 0 saturated heterocycles. The van der Waals surface area contributed by atoms with Gasteiger partial charge in [-0.2, -0.15) is 22.0 Å². The summed E-state index contributed by atoms with van der Waals surface area (Å²) in [5.41, 5.74) is 0. The van der Waals surface area contributed by atoms with Crippen molar-refractivity contribution in [2.45, 2.75) is 12.1 Å². The van der Waals surface area contributed by atoms with Crippen molar-refractivity contribution in [3.05, 3.63) is 0 Å². The topological polar surface area (TPSA) is 43.4 Å². The Morgan fingerprint density at radius 1 is 1.00 bits per heavy atom. The van der Waals surface area contributed by atoms with Crippen molar-refractivity contribution in [2.75, 3.05) is 0 Å². The van der Waals surface area contributed by atoms with Gasteiger partial charge in [0.05, 0.1) is 0 Å². The molecule has 0 saturated carbocycles. The maximum atomic E-state index is 11.9. The first-order valence-electron chi connectivity index (χ1n) is 2.46. The van der Waals surface area contributed by atoms with E-state index >= 15 is 0 Å². The number of ketones is 1. The summed E-state index contributed by atoms with van der Waals surface area (Å²) in [7, 11) is 0. The monoisotopic (exact) mass is 252 g/mol. The molecule has 0 radical (unpaired) electrons. The van der Waals surface area contributed by atoms with Crippen molar-refractivity contribution < 1.29 is 41.0 Å². The maximum absolute atomic E-state index is 11.9. The molecule has 80 valence electrons. The normalized spacial score (nSPS) is 11.6. The third kappa shape index (κ3) is 3.62. The molecule has 0 aliphatic heterocycles. The molecule has 0 unspecified atom stereocenters. The summed E-state index contributed by atoms with van der Waals surface area (Å²) in [6.45, 7) is 0. The molecule has 0 aliphatic rings. The van der Waals surface area contributed by atoms with E-state index in [-0.39, 0.29) is 37.7 Å². The van der Waals surface area contributed by atoms with Crippen LogP contribution in [0.25, 0.3) is 0 Å². The van der Waals surface area contributed by atoms with Crippen LogP contribution in [0.4, 0.5) is 26.5 Å². The number of hydrogen-bond donors (Lipinski definition) is 0. The summed E-state index contributed by atoms with van der Waals surface area (Å²) in [6, 6.07) is 0. The quantitative estimate of drug-likeness (QED) is 0.402. The molecule has 14 heavy (non-hydrogen) atoms. The van der Waals surface area contributed by atoms with Gasteiger partial charge < -0.3 is 0 Å². The average molecular weight is 252 g/mol. The Balaban J connectivity index is 0. The Hall–Kier alpha value is -0.0203. The zero-order chi connectivity index (χ0) is 10.9. The zero-order valence-electron chi connectivity index (χ0n) is 5.49. The fourth-order valence-corrected chi connectivity index (χ4v) is 0.319. The van der Waals surface area contributed by atoms with Crippen molar-refractivity contribution in [3.8, 4) is 0 Å². The molecular weight excluding hydrogens is 250 g/mol. The van der Waals surface area contributed by atoms with Gasteiger partial charge in [0.25, 0.3) is 0 Å². The van der Waals surface area contributed by atoms with E-state index in [4.69, 9.17) is 0 Å². The van der Waals surface area contributed by atoms with E-state index in [0.717, 1.165) is 0 Å². The fourth-order valence-electron chi connectivity index (χ4n) is 0.319. The Labute approximate surface area is 102 Å². The molecule has 0 heterocycles. The Kier molecular flexibility index (Phi) is 6.06. The first kappa shape index (κ1) is 16.4. The van der Waals surface area contributed by atoms with Crippen molar-refractivity contribution in [1.82, 2.24) is 0 Å². The molecule has 0 fully saturated rings. The van der Waals surface area contributed by atoms with Gasteiger partial charge >= 0.3 is 61.6 Å². The van der Waals surface area contributed by atoms with Gasteiger partial charge in [-0.05, 0) is 0 Å². The van der Waals surface area contributed by atoms with Crippen molar-refractivity contribution in [3.63, 3.8) is 0 Å². The predicted octanol–water partition coefficient (Wildman–Crippen LogP) is 0.265. The number of alkyl halides is 5. The molecular formula is C4H2CaF6O3. The minimum atomic E-state index is -5.93. The number of rotatable bonds is 2. The molecule has 0 spiro atoms. The molecule has 0 bridgehead atoms. The van der Waals surface area contributed by atoms with E-state index in [2.05, 4.69) is 0 Å². The van der Waals surface area contributed by atoms with E-state index in [1.54, 1.807) is 0 Å². The summed E-state index contributed by atoms with van der Waals surface area (Å²) in [6.07, 6.45) is -5.93. The van der Waals surface area contributed by atoms with E-state index in [0.29, 0.717) is 0 Å². The van der Waals surface area contributed by atoms with Crippen LogP contribution in [0, 0.1) is 0 Å². The van der Waals surface area contributed by atoms with Gasteiger partial charge in [0.15, 0.2) is 0 Å². The van der Waals surface area contributed by atoms with Gasteiger partial charge in [0, 0.05) is 4.53 Å². The van der Waals surface area contributed by atoms with Gasteiger partial charge in [0.1, 0.15) is 0 Å². The molecule has 10 heteroatoms. The van der Waals surface area contributed by atoms with E-state index in [9.17, 15) is 36.1 Å². The summed E-state index contributed by atoms with van der Waals surface area (Å²) < 4.78 is 68.5. The second-order valence-corrected chi connectivity index (χ2v) is 1.77. The SMILES string of the molecule is O=C(OF)C(F)(F)C(=O)C(F)(F)F.[CaH2]. The predicted molar refractivity (Wildman–Crippen MR) is 31.8 cm³/mol. The van der Waals surface area contributed by atoms with Crippen molar-refractivity contribution in [2.24, 2.45) is 0 Å². The van der Waals surface area contributed by atoms with Gasteiger partial charge in [0.2, 0.25) is 0 Å². The Bertz CT molecular complexity index is 236. The summed E-state index contributed by atoms with van der Waals surface area (Å²) in [5, 5.41) is 0. The molecule has 0 amide bonds. The summed E-state index contributed by atoms with van der Waals surface area (Å²) in [5.74, 6) is -12.4. The average Bonchev–Trinajstić information content (AvgIpc) is 1.99. The number of Topliss-reactive ketones (excluding diaryl/α,β-unsaturated/α-hetero) is 1. The van der Waals surface area contributed by atoms with Gasteiger partial charge in [-0.1, -0.05) is 0 Å². The van der Waals surface area contributed by atoms with Crippen LogP contribution in [0.5, 0.6) is 0 Å². The number of carbonyl (C=O) groups excluding carboxylic acids is 2. The first-order valence-corrected chi connectivity index (χ1v) is 2.46.